The van der Waals surface area contributed by atoms with E-state index in [1.165, 1.54) is 0 Å². The first-order valence-electron chi connectivity index (χ1n) is 7.59. The number of aromatic nitrogens is 1. The van der Waals surface area contributed by atoms with Gasteiger partial charge in [-0.05, 0) is 34.1 Å². The van der Waals surface area contributed by atoms with E-state index in [0.717, 1.165) is 11.3 Å². The molecule has 0 saturated carbocycles. The van der Waals surface area contributed by atoms with Gasteiger partial charge >= 0.3 is 7.12 Å². The Hall–Kier alpha value is -0.385. The summed E-state index contributed by atoms with van der Waals surface area (Å²) < 4.78 is 48.9. The zero-order valence-electron chi connectivity index (χ0n) is 14.8. The topological polar surface area (TPSA) is 31.4 Å². The molecule has 0 atom stereocenters. The van der Waals surface area contributed by atoms with Crippen LogP contribution >= 0.6 is 11.3 Å². The fourth-order valence-electron chi connectivity index (χ4n) is 1.42. The normalized spacial score (nSPS) is 29.0. The van der Waals surface area contributed by atoms with Gasteiger partial charge in [-0.3, -0.25) is 4.98 Å². The predicted octanol–water partition coefficient (Wildman–Crippen LogP) is 2.00. The van der Waals surface area contributed by atoms with Gasteiger partial charge in [-0.25, -0.2) is 0 Å². The predicted molar refractivity (Wildman–Crippen MR) is 67.2 cm³/mol. The van der Waals surface area contributed by atoms with Gasteiger partial charge in [0, 0.05) is 12.2 Å². The molecule has 5 heteroatoms. The highest BCUT2D eigenvalue weighted by Crippen LogP contribution is 2.36. The van der Waals surface area contributed by atoms with Crippen LogP contribution in [0.5, 0.6) is 0 Å². The van der Waals surface area contributed by atoms with Crippen LogP contribution in [0.2, 0.25) is 0 Å². The molecular weight excluding hydrogens is 221 g/mol. The molecule has 1 aromatic heterocycles. The highest BCUT2D eigenvalue weighted by Gasteiger charge is 2.52. The van der Waals surface area contributed by atoms with Crippen molar-refractivity contribution in [2.24, 2.45) is 0 Å². The van der Waals surface area contributed by atoms with Gasteiger partial charge in [-0.1, -0.05) is 6.85 Å². The Labute approximate surface area is 108 Å². The summed E-state index contributed by atoms with van der Waals surface area (Å²) in [5, 5.41) is 1.49. The highest BCUT2D eigenvalue weighted by molar-refractivity contribution is 7.10. The summed E-state index contributed by atoms with van der Waals surface area (Å²) in [5.74, 6) is 0. The molecule has 0 bridgehead atoms. The molecule has 0 N–H and O–H groups in total. The summed E-state index contributed by atoms with van der Waals surface area (Å²) in [4.78, 5) is 4.10. The van der Waals surface area contributed by atoms with E-state index in [2.05, 4.69) is 4.98 Å². The zero-order chi connectivity index (χ0) is 16.3. The molecule has 16 heavy (non-hydrogen) atoms. The van der Waals surface area contributed by atoms with Crippen LogP contribution in [0.25, 0.3) is 0 Å². The number of thiazole rings is 1. The number of hydrogen-bond acceptors (Lipinski definition) is 4. The summed E-state index contributed by atoms with van der Waals surface area (Å²) >= 11 is 0.964. The Balaban J connectivity index is 2.27. The Bertz CT molecular complexity index is 527. The first-order chi connectivity index (χ1) is 9.28. The monoisotopic (exact) mass is 244 g/mol. The minimum Gasteiger partial charge on any atom is -0.398 e. The summed E-state index contributed by atoms with van der Waals surface area (Å²) in [6, 6.07) is 0. The molecule has 88 valence electrons. The van der Waals surface area contributed by atoms with Gasteiger partial charge in [0.2, 0.25) is 0 Å². The van der Waals surface area contributed by atoms with Crippen LogP contribution in [-0.4, -0.2) is 23.3 Å². The van der Waals surface area contributed by atoms with Crippen LogP contribution in [0.1, 0.15) is 46.4 Å². The van der Waals surface area contributed by atoms with Crippen molar-refractivity contribution in [1.29, 1.82) is 0 Å². The van der Waals surface area contributed by atoms with E-state index in [1.54, 1.807) is 5.38 Å². The van der Waals surface area contributed by atoms with Crippen molar-refractivity contribution < 1.29 is 16.2 Å². The highest BCUT2D eigenvalue weighted by atomic mass is 32.1. The molecule has 0 aliphatic carbocycles. The van der Waals surface area contributed by atoms with Crippen LogP contribution < -0.4 is 5.59 Å². The van der Waals surface area contributed by atoms with E-state index in [0.29, 0.717) is 5.59 Å². The second-order valence-electron chi connectivity index (χ2n) is 4.79. The number of hydrogen-bond donors (Lipinski definition) is 0. The SMILES string of the molecule is [2H]C([2H])([2H])C([2H])([2H])c1nc(B2OC(C)(C)C(C)(C)O2)cs1. The molecule has 1 aliphatic rings. The number of nitrogens with zero attached hydrogens (tertiary/aromatic N) is 1. The first-order valence-corrected chi connectivity index (χ1v) is 5.97. The lowest BCUT2D eigenvalue weighted by Gasteiger charge is -2.32. The van der Waals surface area contributed by atoms with E-state index >= 15 is 0 Å². The maximum atomic E-state index is 7.73. The Morgan fingerprint density at radius 3 is 2.62 bits per heavy atom. The zero-order valence-corrected chi connectivity index (χ0v) is 10.6. The third-order valence-electron chi connectivity index (χ3n) is 3.12. The molecular formula is C11H18BNO2S. The third kappa shape index (κ3) is 1.92. The van der Waals surface area contributed by atoms with Crippen molar-refractivity contribution in [3.63, 3.8) is 0 Å². The molecule has 1 aromatic rings. The van der Waals surface area contributed by atoms with E-state index in [9.17, 15) is 0 Å². The van der Waals surface area contributed by atoms with Gasteiger partial charge in [0.05, 0.1) is 21.8 Å². The van der Waals surface area contributed by atoms with Gasteiger partial charge < -0.3 is 9.31 Å². The minimum atomic E-state index is -2.77. The summed E-state index contributed by atoms with van der Waals surface area (Å²) in [6.07, 6.45) is -2.49. The Morgan fingerprint density at radius 1 is 1.44 bits per heavy atom. The van der Waals surface area contributed by atoms with E-state index in [1.807, 2.05) is 27.7 Å². The summed E-state index contributed by atoms with van der Waals surface area (Å²) in [6.45, 7) is 4.85. The first kappa shape index (κ1) is 7.14. The van der Waals surface area contributed by atoms with Crippen LogP contribution in [0.4, 0.5) is 0 Å². The minimum absolute atomic E-state index is 0.0905. The quantitative estimate of drug-likeness (QED) is 0.746. The van der Waals surface area contributed by atoms with E-state index in [4.69, 9.17) is 16.2 Å². The fraction of sp³-hybridized carbons (Fsp3) is 0.727. The lowest BCUT2D eigenvalue weighted by molar-refractivity contribution is 0.00578. The molecule has 2 rings (SSSR count). The number of aryl methyl sites for hydroxylation is 1. The van der Waals surface area contributed by atoms with Crippen molar-refractivity contribution in [2.45, 2.75) is 52.1 Å². The second kappa shape index (κ2) is 3.82. The molecule has 0 radical (unpaired) electrons. The Kier molecular flexibility index (Phi) is 1.71. The standard InChI is InChI=1S/C11H18BNO2S/c1-6-9-13-8(7-16-9)12-14-10(2,3)11(4,5)15-12/h7H,6H2,1-5H3/i1D3,6D2. The molecule has 0 spiro atoms. The van der Waals surface area contributed by atoms with Crippen molar-refractivity contribution >= 4 is 24.0 Å². The molecule has 1 saturated heterocycles. The largest absolute Gasteiger partial charge is 0.515 e. The van der Waals surface area contributed by atoms with Crippen molar-refractivity contribution in [2.75, 3.05) is 0 Å². The van der Waals surface area contributed by atoms with Gasteiger partial charge in [0.1, 0.15) is 0 Å². The maximum absolute atomic E-state index is 7.73. The lowest BCUT2D eigenvalue weighted by Crippen LogP contribution is -2.41. The average Bonchev–Trinajstić information content (AvgIpc) is 2.81. The molecule has 3 nitrogen and oxygen atoms in total. The molecule has 1 aliphatic heterocycles. The smallest absolute Gasteiger partial charge is 0.398 e. The van der Waals surface area contributed by atoms with Gasteiger partial charge in [0.15, 0.2) is 0 Å². The Morgan fingerprint density at radius 2 is 2.06 bits per heavy atom. The van der Waals surface area contributed by atoms with Crippen LogP contribution in [0.3, 0.4) is 0 Å². The lowest BCUT2D eigenvalue weighted by atomic mass is 9.86. The maximum Gasteiger partial charge on any atom is 0.515 e. The van der Waals surface area contributed by atoms with Gasteiger partial charge in [-0.2, -0.15) is 0 Å². The average molecular weight is 244 g/mol. The second-order valence-corrected chi connectivity index (χ2v) is 5.65. The molecule has 1 fully saturated rings. The van der Waals surface area contributed by atoms with Crippen LogP contribution in [-0.2, 0) is 15.7 Å². The molecule has 0 amide bonds. The van der Waals surface area contributed by atoms with Crippen LogP contribution in [0.15, 0.2) is 5.38 Å². The van der Waals surface area contributed by atoms with Gasteiger partial charge in [-0.15, -0.1) is 11.3 Å². The fourth-order valence-corrected chi connectivity index (χ4v) is 2.03. The summed E-state index contributed by atoms with van der Waals surface area (Å²) in [7, 11) is -0.715. The summed E-state index contributed by atoms with van der Waals surface area (Å²) in [5.41, 5.74) is -0.642. The number of rotatable bonds is 2. The van der Waals surface area contributed by atoms with Crippen molar-refractivity contribution in [3.05, 3.63) is 10.4 Å². The van der Waals surface area contributed by atoms with E-state index in [-0.39, 0.29) is 5.01 Å². The third-order valence-corrected chi connectivity index (χ3v) is 3.90. The van der Waals surface area contributed by atoms with E-state index < -0.39 is 31.5 Å². The molecule has 0 unspecified atom stereocenters. The van der Waals surface area contributed by atoms with Gasteiger partial charge in [0.25, 0.3) is 0 Å². The van der Waals surface area contributed by atoms with Crippen molar-refractivity contribution in [1.82, 2.24) is 4.98 Å². The molecule has 0 aromatic carbocycles. The van der Waals surface area contributed by atoms with Crippen molar-refractivity contribution in [3.8, 4) is 0 Å². The van der Waals surface area contributed by atoms with Crippen LogP contribution in [0, 0.1) is 0 Å². The molecule has 2 heterocycles.